The van der Waals surface area contributed by atoms with E-state index in [1.54, 1.807) is 18.2 Å². The topological polar surface area (TPSA) is 49.4 Å². The molecule has 1 atom stereocenters. The highest BCUT2D eigenvalue weighted by molar-refractivity contribution is 9.11. The van der Waals surface area contributed by atoms with Crippen LogP contribution in [0.15, 0.2) is 32.0 Å². The second kappa shape index (κ2) is 6.87. The zero-order valence-electron chi connectivity index (χ0n) is 11.3. The molecule has 1 aliphatic rings. The highest BCUT2D eigenvalue weighted by atomic mass is 79.9. The fourth-order valence-corrected chi connectivity index (χ4v) is 5.34. The largest absolute Gasteiger partial charge is 0.299 e. The third-order valence-corrected chi connectivity index (χ3v) is 6.49. The first-order valence-corrected chi connectivity index (χ1v) is 9.69. The lowest BCUT2D eigenvalue weighted by Crippen LogP contribution is -2.40. The van der Waals surface area contributed by atoms with E-state index >= 15 is 0 Å². The van der Waals surface area contributed by atoms with Crippen molar-refractivity contribution in [3.05, 3.63) is 27.1 Å². The minimum Gasteiger partial charge on any atom is -0.299 e. The Hall–Kier alpha value is 0.0500. The van der Waals surface area contributed by atoms with Gasteiger partial charge in [0.05, 0.1) is 4.90 Å². The molecule has 4 nitrogen and oxygen atoms in total. The minimum atomic E-state index is -3.47. The lowest BCUT2D eigenvalue weighted by molar-refractivity contribution is 0.268. The predicted molar refractivity (Wildman–Crippen MR) is 87.3 cm³/mol. The zero-order valence-corrected chi connectivity index (χ0v) is 15.3. The van der Waals surface area contributed by atoms with Gasteiger partial charge >= 0.3 is 0 Å². The highest BCUT2D eigenvalue weighted by Gasteiger charge is 2.25. The first-order chi connectivity index (χ1) is 9.44. The van der Waals surface area contributed by atoms with Gasteiger partial charge in [0.1, 0.15) is 0 Å². The molecule has 112 valence electrons. The maximum atomic E-state index is 12.3. The van der Waals surface area contributed by atoms with Gasteiger partial charge in [-0.05, 0) is 60.1 Å². The van der Waals surface area contributed by atoms with Crippen molar-refractivity contribution in [1.29, 1.82) is 0 Å². The Balaban J connectivity index is 2.07. The van der Waals surface area contributed by atoms with Crippen molar-refractivity contribution < 1.29 is 8.42 Å². The van der Waals surface area contributed by atoms with Crippen molar-refractivity contribution in [2.45, 2.75) is 30.7 Å². The summed E-state index contributed by atoms with van der Waals surface area (Å²) in [4.78, 5) is 2.60. The lowest BCUT2D eigenvalue weighted by Gasteiger charge is -2.23. The summed E-state index contributed by atoms with van der Waals surface area (Å²) in [6.07, 6.45) is 2.19. The van der Waals surface area contributed by atoms with E-state index in [4.69, 9.17) is 0 Å². The van der Waals surface area contributed by atoms with Crippen LogP contribution in [0.1, 0.15) is 19.8 Å². The van der Waals surface area contributed by atoms with Crippen molar-refractivity contribution >= 4 is 41.9 Å². The van der Waals surface area contributed by atoms with Crippen molar-refractivity contribution in [1.82, 2.24) is 9.62 Å². The second-order valence-electron chi connectivity index (χ2n) is 4.85. The summed E-state index contributed by atoms with van der Waals surface area (Å²) in [6.45, 7) is 4.61. The molecule has 0 aliphatic carbocycles. The number of sulfonamides is 1. The van der Waals surface area contributed by atoms with Crippen LogP contribution in [0, 0.1) is 0 Å². The van der Waals surface area contributed by atoms with Gasteiger partial charge in [-0.1, -0.05) is 22.9 Å². The van der Waals surface area contributed by atoms with Gasteiger partial charge in [0.2, 0.25) is 10.0 Å². The summed E-state index contributed by atoms with van der Waals surface area (Å²) in [5.41, 5.74) is 0. The molecule has 1 aromatic carbocycles. The molecule has 7 heteroatoms. The van der Waals surface area contributed by atoms with Crippen LogP contribution in [0.4, 0.5) is 0 Å². The van der Waals surface area contributed by atoms with Crippen LogP contribution in [0.25, 0.3) is 0 Å². The molecule has 1 unspecified atom stereocenters. The number of likely N-dealkylation sites (N-methyl/N-ethyl adjacent to an activating group) is 1. The molecule has 2 rings (SSSR count). The minimum absolute atomic E-state index is 0.279. The zero-order chi connectivity index (χ0) is 14.8. The molecule has 1 saturated heterocycles. The molecule has 0 spiro atoms. The Morgan fingerprint density at radius 2 is 2.15 bits per heavy atom. The maximum absolute atomic E-state index is 12.3. The SMILES string of the molecule is CCN1CCCC1CNS(=O)(=O)c1ccc(Br)cc1Br. The van der Waals surface area contributed by atoms with Crippen LogP contribution < -0.4 is 4.72 Å². The van der Waals surface area contributed by atoms with Crippen molar-refractivity contribution in [3.8, 4) is 0 Å². The smallest absolute Gasteiger partial charge is 0.241 e. The monoisotopic (exact) mass is 424 g/mol. The van der Waals surface area contributed by atoms with Gasteiger partial charge in [-0.3, -0.25) is 4.90 Å². The van der Waals surface area contributed by atoms with E-state index in [1.165, 1.54) is 0 Å². The van der Waals surface area contributed by atoms with Crippen LogP contribution in [0.2, 0.25) is 0 Å². The summed E-state index contributed by atoms with van der Waals surface area (Å²) in [7, 11) is -3.47. The van der Waals surface area contributed by atoms with Crippen molar-refractivity contribution in [2.75, 3.05) is 19.6 Å². The number of halogens is 2. The number of rotatable bonds is 5. The van der Waals surface area contributed by atoms with Gasteiger partial charge in [0, 0.05) is 21.5 Å². The van der Waals surface area contributed by atoms with Gasteiger partial charge in [-0.2, -0.15) is 0 Å². The van der Waals surface area contributed by atoms with Crippen molar-refractivity contribution in [3.63, 3.8) is 0 Å². The fourth-order valence-electron chi connectivity index (χ4n) is 2.52. The van der Waals surface area contributed by atoms with Crippen LogP contribution in [-0.4, -0.2) is 39.0 Å². The van der Waals surface area contributed by atoms with Crippen LogP contribution in [-0.2, 0) is 10.0 Å². The number of nitrogens with zero attached hydrogens (tertiary/aromatic N) is 1. The quantitative estimate of drug-likeness (QED) is 0.788. The molecule has 1 heterocycles. The van der Waals surface area contributed by atoms with E-state index in [1.807, 2.05) is 0 Å². The Morgan fingerprint density at radius 3 is 2.80 bits per heavy atom. The third kappa shape index (κ3) is 3.82. The maximum Gasteiger partial charge on any atom is 0.241 e. The molecule has 0 radical (unpaired) electrons. The molecule has 0 bridgehead atoms. The third-order valence-electron chi connectivity index (χ3n) is 3.60. The average Bonchev–Trinajstić information content (AvgIpc) is 2.83. The number of likely N-dealkylation sites (tertiary alicyclic amines) is 1. The Labute approximate surface area is 137 Å². The summed E-state index contributed by atoms with van der Waals surface area (Å²) < 4.78 is 28.8. The highest BCUT2D eigenvalue weighted by Crippen LogP contribution is 2.26. The average molecular weight is 426 g/mol. The van der Waals surface area contributed by atoms with Gasteiger partial charge in [0.25, 0.3) is 0 Å². The fraction of sp³-hybridized carbons (Fsp3) is 0.538. The predicted octanol–water partition coefficient (Wildman–Crippen LogP) is 2.97. The van der Waals surface area contributed by atoms with E-state index in [0.29, 0.717) is 17.1 Å². The Bertz CT molecular complexity index is 578. The Kier molecular flexibility index (Phi) is 5.64. The standard InChI is InChI=1S/C13H18Br2N2O2S/c1-2-17-7-3-4-11(17)9-16-20(18,19)13-6-5-10(14)8-12(13)15/h5-6,8,11,16H,2-4,7,9H2,1H3. The summed E-state index contributed by atoms with van der Waals surface area (Å²) in [5.74, 6) is 0. The van der Waals surface area contributed by atoms with E-state index in [9.17, 15) is 8.42 Å². The molecular formula is C13H18Br2N2O2S. The van der Waals surface area contributed by atoms with Gasteiger partial charge in [0.15, 0.2) is 0 Å². The Morgan fingerprint density at radius 1 is 1.40 bits per heavy atom. The van der Waals surface area contributed by atoms with Crippen LogP contribution in [0.3, 0.4) is 0 Å². The van der Waals surface area contributed by atoms with Gasteiger partial charge in [-0.25, -0.2) is 13.1 Å². The molecular weight excluding hydrogens is 408 g/mol. The number of hydrogen-bond donors (Lipinski definition) is 1. The number of hydrogen-bond acceptors (Lipinski definition) is 3. The first kappa shape index (κ1) is 16.4. The second-order valence-corrected chi connectivity index (χ2v) is 8.36. The van der Waals surface area contributed by atoms with E-state index in [2.05, 4.69) is 48.4 Å². The molecule has 20 heavy (non-hydrogen) atoms. The van der Waals surface area contributed by atoms with E-state index in [-0.39, 0.29) is 4.90 Å². The summed E-state index contributed by atoms with van der Waals surface area (Å²) in [5, 5.41) is 0. The first-order valence-electron chi connectivity index (χ1n) is 6.63. The summed E-state index contributed by atoms with van der Waals surface area (Å²) in [6, 6.07) is 5.38. The van der Waals surface area contributed by atoms with Crippen molar-refractivity contribution in [2.24, 2.45) is 0 Å². The van der Waals surface area contributed by atoms with Gasteiger partial charge < -0.3 is 0 Å². The van der Waals surface area contributed by atoms with Gasteiger partial charge in [-0.15, -0.1) is 0 Å². The van der Waals surface area contributed by atoms with Crippen LogP contribution in [0.5, 0.6) is 0 Å². The molecule has 0 aromatic heterocycles. The molecule has 1 N–H and O–H groups in total. The van der Waals surface area contributed by atoms with E-state index < -0.39 is 10.0 Å². The van der Waals surface area contributed by atoms with Crippen LogP contribution >= 0.6 is 31.9 Å². The summed E-state index contributed by atoms with van der Waals surface area (Å²) >= 11 is 6.62. The van der Waals surface area contributed by atoms with E-state index in [0.717, 1.165) is 30.4 Å². The molecule has 1 aliphatic heterocycles. The number of benzene rings is 1. The normalized spacial score (nSPS) is 20.4. The molecule has 1 fully saturated rings. The molecule has 0 amide bonds. The lowest BCUT2D eigenvalue weighted by atomic mass is 10.2. The molecule has 0 saturated carbocycles. The molecule has 1 aromatic rings. The number of nitrogens with one attached hydrogen (secondary N) is 1.